The van der Waals surface area contributed by atoms with E-state index in [0.29, 0.717) is 40.4 Å². The van der Waals surface area contributed by atoms with E-state index >= 15 is 0 Å². The van der Waals surface area contributed by atoms with E-state index in [1.165, 1.54) is 29.7 Å². The van der Waals surface area contributed by atoms with Crippen LogP contribution in [0.5, 0.6) is 0 Å². The van der Waals surface area contributed by atoms with E-state index in [1.807, 2.05) is 40.6 Å². The summed E-state index contributed by atoms with van der Waals surface area (Å²) in [6.45, 7) is 0.696. The number of rotatable bonds is 5. The first-order valence-electron chi connectivity index (χ1n) is 11.4. The quantitative estimate of drug-likeness (QED) is 0.333. The Hall–Kier alpha value is -4.18. The maximum atomic E-state index is 14.5. The third-order valence-corrected chi connectivity index (χ3v) is 7.06. The van der Waals surface area contributed by atoms with E-state index in [0.717, 1.165) is 23.9 Å². The minimum absolute atomic E-state index is 0.288. The summed E-state index contributed by atoms with van der Waals surface area (Å²) in [4.78, 5) is 23.9. The van der Waals surface area contributed by atoms with Crippen LogP contribution in [0, 0.1) is 11.6 Å². The molecule has 1 N–H and O–H groups in total. The molecule has 1 aliphatic heterocycles. The largest absolute Gasteiger partial charge is 0.364 e. The molecule has 0 radical (unpaired) electrons. The van der Waals surface area contributed by atoms with Gasteiger partial charge in [0.05, 0.1) is 29.0 Å². The second-order valence-electron chi connectivity index (χ2n) is 8.50. The van der Waals surface area contributed by atoms with Gasteiger partial charge in [-0.25, -0.2) is 18.3 Å². The molecule has 6 rings (SSSR count). The molecule has 0 bridgehead atoms. The standard InChI is InChI=1S/C26H20F2N6OS/c27-16-6-7-20(28)18(12-16)23-5-3-10-33(23)17-8-11-34-24(13-17)19(14-30-34)25(35)32-26-31-22(15-36-26)21-4-1-2-9-29-21/h1-2,4,6-9,11-15,23H,3,5,10H2,(H,31,32,35)/t23-/m1/s1. The van der Waals surface area contributed by atoms with Crippen molar-refractivity contribution >= 4 is 33.6 Å². The Bertz CT molecular complexity index is 1570. The Labute approximate surface area is 209 Å². The molecule has 10 heteroatoms. The summed E-state index contributed by atoms with van der Waals surface area (Å²) in [6.07, 6.45) is 6.52. The highest BCUT2D eigenvalue weighted by atomic mass is 32.1. The third kappa shape index (κ3) is 4.09. The summed E-state index contributed by atoms with van der Waals surface area (Å²) in [5.74, 6) is -1.22. The van der Waals surface area contributed by atoms with Crippen LogP contribution in [0.15, 0.2) is 72.5 Å². The summed E-state index contributed by atoms with van der Waals surface area (Å²) < 4.78 is 30.0. The molecule has 36 heavy (non-hydrogen) atoms. The molecule has 1 amide bonds. The number of pyridine rings is 2. The van der Waals surface area contributed by atoms with Crippen molar-refractivity contribution in [2.24, 2.45) is 0 Å². The molecule has 0 unspecified atom stereocenters. The SMILES string of the molecule is O=C(Nc1nc(-c2ccccn2)cs1)c1cnn2ccc(N3CCC[C@@H]3c3cc(F)ccc3F)cc12. The highest BCUT2D eigenvalue weighted by Gasteiger charge is 2.29. The molecule has 0 aliphatic carbocycles. The molecule has 0 spiro atoms. The smallest absolute Gasteiger partial charge is 0.261 e. The second kappa shape index (κ2) is 9.12. The lowest BCUT2D eigenvalue weighted by atomic mass is 10.0. The van der Waals surface area contributed by atoms with Gasteiger partial charge >= 0.3 is 0 Å². The number of anilines is 2. The first-order valence-corrected chi connectivity index (χ1v) is 12.3. The minimum Gasteiger partial charge on any atom is -0.364 e. The molecule has 5 heterocycles. The van der Waals surface area contributed by atoms with Gasteiger partial charge in [0.1, 0.15) is 17.3 Å². The van der Waals surface area contributed by atoms with Crippen molar-refractivity contribution in [3.05, 3.63) is 95.3 Å². The number of nitrogens with one attached hydrogen (secondary N) is 1. The molecule has 0 saturated carbocycles. The number of thiazole rings is 1. The van der Waals surface area contributed by atoms with Crippen LogP contribution in [0.4, 0.5) is 19.6 Å². The van der Waals surface area contributed by atoms with E-state index in [2.05, 4.69) is 20.4 Å². The number of hydrogen-bond acceptors (Lipinski definition) is 6. The molecule has 1 saturated heterocycles. The number of aromatic nitrogens is 4. The minimum atomic E-state index is -0.461. The van der Waals surface area contributed by atoms with Gasteiger partial charge in [0.25, 0.3) is 5.91 Å². The van der Waals surface area contributed by atoms with Crippen LogP contribution in [-0.4, -0.2) is 32.0 Å². The van der Waals surface area contributed by atoms with E-state index in [-0.39, 0.29) is 11.9 Å². The first-order chi connectivity index (χ1) is 17.6. The zero-order valence-electron chi connectivity index (χ0n) is 18.9. The average molecular weight is 503 g/mol. The Balaban J connectivity index is 1.28. The lowest BCUT2D eigenvalue weighted by Gasteiger charge is -2.27. The third-order valence-electron chi connectivity index (χ3n) is 6.30. The van der Waals surface area contributed by atoms with Crippen molar-refractivity contribution in [3.8, 4) is 11.4 Å². The van der Waals surface area contributed by atoms with Crippen LogP contribution in [0.1, 0.15) is 34.8 Å². The van der Waals surface area contributed by atoms with Crippen molar-refractivity contribution in [1.82, 2.24) is 19.6 Å². The zero-order valence-corrected chi connectivity index (χ0v) is 19.8. The van der Waals surface area contributed by atoms with Gasteiger partial charge < -0.3 is 4.90 Å². The fourth-order valence-electron chi connectivity index (χ4n) is 4.62. The second-order valence-corrected chi connectivity index (χ2v) is 9.36. The fourth-order valence-corrected chi connectivity index (χ4v) is 5.32. The van der Waals surface area contributed by atoms with E-state index in [4.69, 9.17) is 0 Å². The monoisotopic (exact) mass is 502 g/mol. The van der Waals surface area contributed by atoms with Crippen molar-refractivity contribution in [1.29, 1.82) is 0 Å². The number of carbonyl (C=O) groups is 1. The van der Waals surface area contributed by atoms with Crippen LogP contribution >= 0.6 is 11.3 Å². The van der Waals surface area contributed by atoms with Gasteiger partial charge in [0.15, 0.2) is 5.13 Å². The molecule has 4 aromatic heterocycles. The van der Waals surface area contributed by atoms with Crippen molar-refractivity contribution in [2.45, 2.75) is 18.9 Å². The summed E-state index contributed by atoms with van der Waals surface area (Å²) in [5.41, 5.74) is 3.56. The number of halogens is 2. The van der Waals surface area contributed by atoms with Crippen LogP contribution in [-0.2, 0) is 0 Å². The molecule has 1 aromatic carbocycles. The Morgan fingerprint density at radius 1 is 1.11 bits per heavy atom. The van der Waals surface area contributed by atoms with Crippen LogP contribution in [0.3, 0.4) is 0 Å². The lowest BCUT2D eigenvalue weighted by Crippen LogP contribution is -2.23. The molecular weight excluding hydrogens is 482 g/mol. The van der Waals surface area contributed by atoms with Crippen LogP contribution in [0.25, 0.3) is 16.9 Å². The number of fused-ring (bicyclic) bond motifs is 1. The van der Waals surface area contributed by atoms with E-state index in [1.54, 1.807) is 16.9 Å². The molecule has 180 valence electrons. The van der Waals surface area contributed by atoms with Gasteiger partial charge in [-0.2, -0.15) is 5.10 Å². The van der Waals surface area contributed by atoms with Crippen molar-refractivity contribution in [3.63, 3.8) is 0 Å². The number of amides is 1. The zero-order chi connectivity index (χ0) is 24.6. The van der Waals surface area contributed by atoms with Gasteiger partial charge in [0.2, 0.25) is 0 Å². The molecule has 5 aromatic rings. The molecule has 1 fully saturated rings. The Morgan fingerprint density at radius 3 is 2.89 bits per heavy atom. The highest BCUT2D eigenvalue weighted by molar-refractivity contribution is 7.14. The van der Waals surface area contributed by atoms with Gasteiger partial charge in [-0.15, -0.1) is 11.3 Å². The molecule has 1 aliphatic rings. The maximum absolute atomic E-state index is 14.5. The maximum Gasteiger partial charge on any atom is 0.261 e. The van der Waals surface area contributed by atoms with Gasteiger partial charge in [0, 0.05) is 35.6 Å². The van der Waals surface area contributed by atoms with E-state index < -0.39 is 11.6 Å². The van der Waals surface area contributed by atoms with Gasteiger partial charge in [-0.05, 0) is 55.3 Å². The topological polar surface area (TPSA) is 75.4 Å². The molecule has 7 nitrogen and oxygen atoms in total. The van der Waals surface area contributed by atoms with E-state index in [9.17, 15) is 13.6 Å². The predicted molar refractivity (Wildman–Crippen MR) is 134 cm³/mol. The van der Waals surface area contributed by atoms with Gasteiger partial charge in [-0.1, -0.05) is 6.07 Å². The lowest BCUT2D eigenvalue weighted by molar-refractivity contribution is 0.102. The summed E-state index contributed by atoms with van der Waals surface area (Å²) in [6, 6.07) is 12.6. The summed E-state index contributed by atoms with van der Waals surface area (Å²) >= 11 is 1.31. The predicted octanol–water partition coefficient (Wildman–Crippen LogP) is 5.72. The normalized spacial score (nSPS) is 15.5. The number of hydrogen-bond donors (Lipinski definition) is 1. The first kappa shape index (κ1) is 22.3. The molecule has 1 atom stereocenters. The Kier molecular flexibility index (Phi) is 5.65. The highest BCUT2D eigenvalue weighted by Crippen LogP contribution is 2.38. The van der Waals surface area contributed by atoms with Crippen molar-refractivity contribution < 1.29 is 13.6 Å². The van der Waals surface area contributed by atoms with Crippen LogP contribution in [0.2, 0.25) is 0 Å². The van der Waals surface area contributed by atoms with Crippen molar-refractivity contribution in [2.75, 3.05) is 16.8 Å². The Morgan fingerprint density at radius 2 is 2.03 bits per heavy atom. The molecular formula is C26H20F2N6OS. The van der Waals surface area contributed by atoms with Gasteiger partial charge in [-0.3, -0.25) is 15.1 Å². The number of benzene rings is 1. The number of nitrogens with zero attached hydrogens (tertiary/aromatic N) is 5. The fraction of sp³-hybridized carbons (Fsp3) is 0.154. The average Bonchev–Trinajstić information content (AvgIpc) is 3.65. The summed E-state index contributed by atoms with van der Waals surface area (Å²) in [7, 11) is 0. The number of carbonyl (C=O) groups excluding carboxylic acids is 1. The van der Waals surface area contributed by atoms with Crippen LogP contribution < -0.4 is 10.2 Å². The summed E-state index contributed by atoms with van der Waals surface area (Å²) in [5, 5.41) is 9.45.